The Balaban J connectivity index is 2.15. The van der Waals surface area contributed by atoms with Crippen molar-refractivity contribution >= 4 is 15.7 Å². The van der Waals surface area contributed by atoms with E-state index in [9.17, 15) is 27.1 Å². The lowest BCUT2D eigenvalue weighted by atomic mass is 10.0. The number of halogens is 2. The van der Waals surface area contributed by atoms with Crippen LogP contribution in [0, 0.1) is 11.6 Å². The fourth-order valence-electron chi connectivity index (χ4n) is 3.17. The van der Waals surface area contributed by atoms with Crippen molar-refractivity contribution in [2.24, 2.45) is 7.05 Å². The van der Waals surface area contributed by atoms with Gasteiger partial charge in [-0.15, -0.1) is 0 Å². The zero-order valence-corrected chi connectivity index (χ0v) is 21.2. The highest BCUT2D eigenvalue weighted by atomic mass is 32.2. The van der Waals surface area contributed by atoms with Crippen LogP contribution in [-0.4, -0.2) is 36.1 Å². The quantitative estimate of drug-likeness (QED) is 0.408. The number of anilines is 1. The summed E-state index contributed by atoms with van der Waals surface area (Å²) in [6, 6.07) is 8.43. The number of benzene rings is 2. The first kappa shape index (κ1) is 27.2. The molecule has 8 nitrogen and oxygen atoms in total. The molecule has 3 aromatic rings. The third-order valence-corrected chi connectivity index (χ3v) is 6.51. The second kappa shape index (κ2) is 10.7. The minimum Gasteiger partial charge on any atom is -0.493 e. The average Bonchev–Trinajstić information content (AvgIpc) is 2.78. The predicted octanol–water partition coefficient (Wildman–Crippen LogP) is 4.42. The van der Waals surface area contributed by atoms with Crippen LogP contribution in [0.15, 0.2) is 53.5 Å². The number of sulfonamides is 1. The Hall–Kier alpha value is -3.44. The SMILES string of the molecule is CCS(=O)(=O)Nc1ccc(Oc2ccc(F)cc2F)c(-c2cn(C)c(=O)cc2OCCC(C)(C)O)c1. The summed E-state index contributed by atoms with van der Waals surface area (Å²) in [5.74, 6) is -1.86. The summed E-state index contributed by atoms with van der Waals surface area (Å²) < 4.78 is 67.3. The van der Waals surface area contributed by atoms with Crippen molar-refractivity contribution in [3.05, 3.63) is 70.6 Å². The molecule has 0 saturated heterocycles. The molecule has 0 radical (unpaired) electrons. The standard InChI is InChI=1S/C25H28F2N2O6S/c1-5-36(32,33)28-17-7-9-21(35-22-8-6-16(26)12-20(22)27)18(13-17)19-15-29(4)24(30)14-23(19)34-11-10-25(2,3)31/h6-9,12-15,28,31H,5,10-11H2,1-4H3. The van der Waals surface area contributed by atoms with Gasteiger partial charge in [0.1, 0.15) is 17.3 Å². The van der Waals surface area contributed by atoms with Crippen LogP contribution >= 0.6 is 0 Å². The Morgan fingerprint density at radius 3 is 2.36 bits per heavy atom. The van der Waals surface area contributed by atoms with E-state index in [1.165, 1.54) is 49.0 Å². The predicted molar refractivity (Wildman–Crippen MR) is 133 cm³/mol. The summed E-state index contributed by atoms with van der Waals surface area (Å²) in [5, 5.41) is 10.0. The smallest absolute Gasteiger partial charge is 0.254 e. The number of hydrogen-bond donors (Lipinski definition) is 2. The van der Waals surface area contributed by atoms with Gasteiger partial charge in [0.15, 0.2) is 11.6 Å². The van der Waals surface area contributed by atoms with Crippen molar-refractivity contribution < 1.29 is 31.8 Å². The lowest BCUT2D eigenvalue weighted by Gasteiger charge is -2.20. The fourth-order valence-corrected chi connectivity index (χ4v) is 3.80. The maximum absolute atomic E-state index is 14.3. The maximum atomic E-state index is 14.3. The molecule has 0 aliphatic carbocycles. The van der Waals surface area contributed by atoms with Gasteiger partial charge in [-0.1, -0.05) is 0 Å². The summed E-state index contributed by atoms with van der Waals surface area (Å²) in [4.78, 5) is 12.4. The molecule has 0 amide bonds. The Kier molecular flexibility index (Phi) is 8.05. The molecule has 11 heteroatoms. The third-order valence-electron chi connectivity index (χ3n) is 5.20. The topological polar surface area (TPSA) is 107 Å². The van der Waals surface area contributed by atoms with Gasteiger partial charge in [0, 0.05) is 48.6 Å². The molecule has 0 aliphatic rings. The molecule has 36 heavy (non-hydrogen) atoms. The zero-order chi connectivity index (χ0) is 26.7. The Bertz CT molecular complexity index is 1420. The first-order chi connectivity index (χ1) is 16.8. The monoisotopic (exact) mass is 522 g/mol. The number of aryl methyl sites for hydroxylation is 1. The van der Waals surface area contributed by atoms with Gasteiger partial charge < -0.3 is 19.1 Å². The fraction of sp³-hybridized carbons (Fsp3) is 0.320. The number of ether oxygens (including phenoxy) is 2. The molecule has 0 atom stereocenters. The molecular formula is C25H28F2N2O6S. The molecule has 0 spiro atoms. The number of aliphatic hydroxyl groups is 1. The van der Waals surface area contributed by atoms with Crippen LogP contribution in [-0.2, 0) is 17.1 Å². The van der Waals surface area contributed by atoms with Crippen molar-refractivity contribution in [2.45, 2.75) is 32.8 Å². The highest BCUT2D eigenvalue weighted by Gasteiger charge is 2.19. The van der Waals surface area contributed by atoms with E-state index in [0.29, 0.717) is 11.6 Å². The molecule has 2 aromatic carbocycles. The van der Waals surface area contributed by atoms with E-state index >= 15 is 0 Å². The van der Waals surface area contributed by atoms with Crippen molar-refractivity contribution in [3.63, 3.8) is 0 Å². The van der Waals surface area contributed by atoms with Crippen LogP contribution in [0.1, 0.15) is 27.2 Å². The lowest BCUT2D eigenvalue weighted by Crippen LogP contribution is -2.22. The van der Waals surface area contributed by atoms with Crippen LogP contribution in [0.3, 0.4) is 0 Å². The molecule has 3 rings (SSSR count). The van der Waals surface area contributed by atoms with Gasteiger partial charge in [-0.3, -0.25) is 9.52 Å². The van der Waals surface area contributed by atoms with Crippen molar-refractivity contribution in [3.8, 4) is 28.4 Å². The van der Waals surface area contributed by atoms with E-state index in [-0.39, 0.29) is 52.8 Å². The van der Waals surface area contributed by atoms with Crippen LogP contribution < -0.4 is 19.8 Å². The zero-order valence-electron chi connectivity index (χ0n) is 20.3. The van der Waals surface area contributed by atoms with E-state index in [4.69, 9.17) is 9.47 Å². The maximum Gasteiger partial charge on any atom is 0.254 e. The summed E-state index contributed by atoms with van der Waals surface area (Å²) >= 11 is 0. The molecular weight excluding hydrogens is 494 g/mol. The van der Waals surface area contributed by atoms with Crippen molar-refractivity contribution in [1.82, 2.24) is 4.57 Å². The minimum atomic E-state index is -3.62. The highest BCUT2D eigenvalue weighted by molar-refractivity contribution is 7.92. The van der Waals surface area contributed by atoms with Crippen molar-refractivity contribution in [2.75, 3.05) is 17.1 Å². The number of pyridine rings is 1. The largest absolute Gasteiger partial charge is 0.493 e. The molecule has 2 N–H and O–H groups in total. The summed E-state index contributed by atoms with van der Waals surface area (Å²) in [5.41, 5.74) is -0.541. The molecule has 1 heterocycles. The van der Waals surface area contributed by atoms with Crippen LogP contribution in [0.4, 0.5) is 14.5 Å². The Labute approximate surface area is 208 Å². The first-order valence-corrected chi connectivity index (χ1v) is 12.8. The van der Waals surface area contributed by atoms with Crippen LogP contribution in [0.5, 0.6) is 17.2 Å². The van der Waals surface area contributed by atoms with Crippen LogP contribution in [0.2, 0.25) is 0 Å². The van der Waals surface area contributed by atoms with Gasteiger partial charge >= 0.3 is 0 Å². The first-order valence-electron chi connectivity index (χ1n) is 11.1. The molecule has 0 bridgehead atoms. The van der Waals surface area contributed by atoms with E-state index in [0.717, 1.165) is 12.1 Å². The Morgan fingerprint density at radius 2 is 1.72 bits per heavy atom. The minimum absolute atomic E-state index is 0.0780. The average molecular weight is 523 g/mol. The number of aromatic nitrogens is 1. The number of nitrogens with one attached hydrogen (secondary N) is 1. The van der Waals surface area contributed by atoms with Gasteiger partial charge in [-0.25, -0.2) is 17.2 Å². The van der Waals surface area contributed by atoms with Crippen LogP contribution in [0.25, 0.3) is 11.1 Å². The molecule has 0 saturated carbocycles. The van der Waals surface area contributed by atoms with Gasteiger partial charge in [0.05, 0.1) is 18.0 Å². The Morgan fingerprint density at radius 1 is 1.03 bits per heavy atom. The number of rotatable bonds is 10. The summed E-state index contributed by atoms with van der Waals surface area (Å²) in [6.07, 6.45) is 1.74. The third kappa shape index (κ3) is 7.05. The van der Waals surface area contributed by atoms with E-state index in [2.05, 4.69) is 4.72 Å². The van der Waals surface area contributed by atoms with Crippen molar-refractivity contribution in [1.29, 1.82) is 0 Å². The van der Waals surface area contributed by atoms with E-state index in [1.54, 1.807) is 13.8 Å². The molecule has 1 aromatic heterocycles. The number of nitrogens with zero attached hydrogens (tertiary/aromatic N) is 1. The summed E-state index contributed by atoms with van der Waals surface area (Å²) in [6.45, 7) is 4.80. The highest BCUT2D eigenvalue weighted by Crippen LogP contribution is 2.40. The van der Waals surface area contributed by atoms with Gasteiger partial charge in [-0.2, -0.15) is 0 Å². The molecule has 194 valence electrons. The van der Waals surface area contributed by atoms with Gasteiger partial charge in [0.2, 0.25) is 10.0 Å². The number of hydrogen-bond acceptors (Lipinski definition) is 6. The molecule has 0 unspecified atom stereocenters. The second-order valence-electron chi connectivity index (χ2n) is 8.80. The molecule has 0 aliphatic heterocycles. The summed E-state index contributed by atoms with van der Waals surface area (Å²) in [7, 11) is -2.09. The molecule has 0 fully saturated rings. The van der Waals surface area contributed by atoms with E-state index in [1.807, 2.05) is 0 Å². The lowest BCUT2D eigenvalue weighted by molar-refractivity contribution is 0.0554. The van der Waals surface area contributed by atoms with E-state index < -0.39 is 27.3 Å². The van der Waals surface area contributed by atoms with Gasteiger partial charge in [-0.05, 0) is 51.1 Å². The van der Waals surface area contributed by atoms with Gasteiger partial charge in [0.25, 0.3) is 5.56 Å². The normalized spacial score (nSPS) is 11.9. The second-order valence-corrected chi connectivity index (χ2v) is 10.8.